The van der Waals surface area contributed by atoms with Gasteiger partial charge < -0.3 is 10.6 Å². The summed E-state index contributed by atoms with van der Waals surface area (Å²) >= 11 is 0. The zero-order valence-corrected chi connectivity index (χ0v) is 12.8. The summed E-state index contributed by atoms with van der Waals surface area (Å²) in [5.41, 5.74) is 0. The van der Waals surface area contributed by atoms with Gasteiger partial charge in [-0.1, -0.05) is 26.7 Å². The minimum Gasteiger partial charge on any atom is -0.333 e. The van der Waals surface area contributed by atoms with Crippen molar-refractivity contribution in [3.05, 3.63) is 0 Å². The van der Waals surface area contributed by atoms with E-state index in [1.165, 1.54) is 6.42 Å². The van der Waals surface area contributed by atoms with Crippen LogP contribution in [0.15, 0.2) is 0 Å². The Labute approximate surface area is 122 Å². The third-order valence-corrected chi connectivity index (χ3v) is 4.92. The van der Waals surface area contributed by atoms with E-state index in [2.05, 4.69) is 17.6 Å². The molecule has 1 aliphatic carbocycles. The summed E-state index contributed by atoms with van der Waals surface area (Å²) in [6.45, 7) is 4.18. The fraction of sp³-hybridized carbons (Fsp3) is 0.875. The number of carbonyl (C=O) groups excluding carboxylic acids is 2. The third kappa shape index (κ3) is 3.74. The number of ketones is 1. The highest BCUT2D eigenvalue weighted by Gasteiger charge is 2.41. The first-order valence-corrected chi connectivity index (χ1v) is 8.21. The van der Waals surface area contributed by atoms with Gasteiger partial charge in [0.1, 0.15) is 5.78 Å². The molecule has 0 bridgehead atoms. The highest BCUT2D eigenvalue weighted by molar-refractivity contribution is 5.80. The topological polar surface area (TPSA) is 58.2 Å². The van der Waals surface area contributed by atoms with Gasteiger partial charge in [-0.2, -0.15) is 0 Å². The van der Waals surface area contributed by atoms with Crippen molar-refractivity contribution < 1.29 is 9.59 Å². The van der Waals surface area contributed by atoms with Crippen LogP contribution in [-0.4, -0.2) is 23.9 Å². The minimum absolute atomic E-state index is 0.00623. The molecule has 1 unspecified atom stereocenters. The van der Waals surface area contributed by atoms with E-state index in [4.69, 9.17) is 0 Å². The van der Waals surface area contributed by atoms with Crippen LogP contribution < -0.4 is 10.6 Å². The van der Waals surface area contributed by atoms with Gasteiger partial charge in [0.05, 0.1) is 12.1 Å². The molecule has 4 heteroatoms. The van der Waals surface area contributed by atoms with Crippen LogP contribution in [0.1, 0.15) is 65.2 Å². The molecule has 2 rings (SSSR count). The largest absolute Gasteiger partial charge is 0.333 e. The van der Waals surface area contributed by atoms with Crippen molar-refractivity contribution in [1.29, 1.82) is 0 Å². The number of carbonyl (C=O) groups is 2. The van der Waals surface area contributed by atoms with E-state index in [0.717, 1.165) is 44.9 Å². The lowest BCUT2D eigenvalue weighted by atomic mass is 9.93. The first-order valence-electron chi connectivity index (χ1n) is 8.21. The van der Waals surface area contributed by atoms with Crippen LogP contribution in [0.3, 0.4) is 0 Å². The van der Waals surface area contributed by atoms with Gasteiger partial charge in [-0.05, 0) is 38.0 Å². The molecule has 114 valence electrons. The molecule has 0 aromatic rings. The van der Waals surface area contributed by atoms with Gasteiger partial charge in [-0.25, -0.2) is 4.79 Å². The number of amides is 2. The molecule has 2 N–H and O–H groups in total. The van der Waals surface area contributed by atoms with E-state index < -0.39 is 0 Å². The molecule has 0 aromatic carbocycles. The SMILES string of the molecule is CCCC(C)C(=O)CCCC[C@@H]1CC[C@@H]2NC(=O)N[C@H]12. The van der Waals surface area contributed by atoms with Crippen molar-refractivity contribution in [3.63, 3.8) is 0 Å². The summed E-state index contributed by atoms with van der Waals surface area (Å²) in [5, 5.41) is 6.01. The second kappa shape index (κ2) is 7.09. The Morgan fingerprint density at radius 2 is 2.10 bits per heavy atom. The Morgan fingerprint density at radius 1 is 1.30 bits per heavy atom. The van der Waals surface area contributed by atoms with E-state index in [9.17, 15) is 9.59 Å². The Morgan fingerprint density at radius 3 is 2.85 bits per heavy atom. The first-order chi connectivity index (χ1) is 9.61. The number of nitrogens with one attached hydrogen (secondary N) is 2. The molecule has 0 aromatic heterocycles. The molecule has 1 saturated carbocycles. The van der Waals surface area contributed by atoms with Gasteiger partial charge in [-0.3, -0.25) is 4.79 Å². The second-order valence-electron chi connectivity index (χ2n) is 6.49. The normalized spacial score (nSPS) is 29.7. The van der Waals surface area contributed by atoms with Crippen LogP contribution in [0.5, 0.6) is 0 Å². The number of unbranched alkanes of at least 4 members (excludes halogenated alkanes) is 1. The second-order valence-corrected chi connectivity index (χ2v) is 6.49. The number of hydrogen-bond acceptors (Lipinski definition) is 2. The zero-order valence-electron chi connectivity index (χ0n) is 12.8. The molecule has 4 nitrogen and oxygen atoms in total. The predicted molar refractivity (Wildman–Crippen MR) is 79.5 cm³/mol. The molecule has 2 aliphatic rings. The quantitative estimate of drug-likeness (QED) is 0.671. The molecule has 20 heavy (non-hydrogen) atoms. The molecule has 1 saturated heterocycles. The number of Topliss-reactive ketones (excluding diaryl/α,β-unsaturated/α-hetero) is 1. The lowest BCUT2D eigenvalue weighted by Crippen LogP contribution is -2.33. The highest BCUT2D eigenvalue weighted by atomic mass is 16.2. The van der Waals surface area contributed by atoms with Crippen LogP contribution in [0.25, 0.3) is 0 Å². The predicted octanol–water partition coefficient (Wildman–Crippen LogP) is 3.01. The number of fused-ring (bicyclic) bond motifs is 1. The monoisotopic (exact) mass is 280 g/mol. The average Bonchev–Trinajstić information content (AvgIpc) is 2.94. The molecule has 0 spiro atoms. The van der Waals surface area contributed by atoms with Crippen molar-refractivity contribution in [2.45, 2.75) is 77.3 Å². The van der Waals surface area contributed by atoms with Gasteiger partial charge in [0.25, 0.3) is 0 Å². The van der Waals surface area contributed by atoms with Gasteiger partial charge in [0, 0.05) is 12.3 Å². The Hall–Kier alpha value is -1.06. The maximum absolute atomic E-state index is 11.9. The lowest BCUT2D eigenvalue weighted by Gasteiger charge is -2.17. The number of urea groups is 1. The molecule has 1 aliphatic heterocycles. The van der Waals surface area contributed by atoms with Crippen LogP contribution in [-0.2, 0) is 4.79 Å². The molecule has 0 radical (unpaired) electrons. The molecular weight excluding hydrogens is 252 g/mol. The smallest absolute Gasteiger partial charge is 0.315 e. The highest BCUT2D eigenvalue weighted by Crippen LogP contribution is 2.32. The standard InChI is InChI=1S/C16H28N2O2/c1-3-6-11(2)14(19)8-5-4-7-12-9-10-13-15(12)18-16(20)17-13/h11-13,15H,3-10H2,1-2H3,(H2,17,18,20)/t11?,12-,13+,15-/m1/s1. The molecule has 2 amide bonds. The van der Waals surface area contributed by atoms with Crippen molar-refractivity contribution in [2.24, 2.45) is 11.8 Å². The van der Waals surface area contributed by atoms with E-state index in [-0.39, 0.29) is 11.9 Å². The Bertz CT molecular complexity index is 356. The zero-order chi connectivity index (χ0) is 14.5. The first kappa shape index (κ1) is 15.3. The summed E-state index contributed by atoms with van der Waals surface area (Å²) in [4.78, 5) is 23.2. The van der Waals surface area contributed by atoms with Gasteiger partial charge >= 0.3 is 6.03 Å². The van der Waals surface area contributed by atoms with Crippen LogP contribution in [0, 0.1) is 11.8 Å². The maximum Gasteiger partial charge on any atom is 0.315 e. The fourth-order valence-corrected chi connectivity index (χ4v) is 3.69. The molecule has 4 atom stereocenters. The van der Waals surface area contributed by atoms with Gasteiger partial charge in [-0.15, -0.1) is 0 Å². The Balaban J connectivity index is 1.62. The van der Waals surface area contributed by atoms with Crippen molar-refractivity contribution >= 4 is 11.8 Å². The number of rotatable bonds is 8. The van der Waals surface area contributed by atoms with E-state index >= 15 is 0 Å². The summed E-state index contributed by atoms with van der Waals surface area (Å²) in [5.74, 6) is 1.25. The van der Waals surface area contributed by atoms with Crippen molar-refractivity contribution in [3.8, 4) is 0 Å². The van der Waals surface area contributed by atoms with Gasteiger partial charge in [0.2, 0.25) is 0 Å². The summed E-state index contributed by atoms with van der Waals surface area (Å²) in [6.07, 6.45) is 8.37. The average molecular weight is 280 g/mol. The molecular formula is C16H28N2O2. The van der Waals surface area contributed by atoms with E-state index in [0.29, 0.717) is 23.8 Å². The number of hydrogen-bond donors (Lipinski definition) is 2. The molecule has 1 heterocycles. The fourth-order valence-electron chi connectivity index (χ4n) is 3.69. The van der Waals surface area contributed by atoms with Gasteiger partial charge in [0.15, 0.2) is 0 Å². The van der Waals surface area contributed by atoms with Crippen molar-refractivity contribution in [1.82, 2.24) is 10.6 Å². The summed E-state index contributed by atoms with van der Waals surface area (Å²) in [7, 11) is 0. The lowest BCUT2D eigenvalue weighted by molar-refractivity contribution is -0.122. The van der Waals surface area contributed by atoms with Crippen LogP contribution >= 0.6 is 0 Å². The van der Waals surface area contributed by atoms with Crippen molar-refractivity contribution in [2.75, 3.05) is 0 Å². The van der Waals surface area contributed by atoms with Crippen LogP contribution in [0.2, 0.25) is 0 Å². The maximum atomic E-state index is 11.9. The third-order valence-electron chi connectivity index (χ3n) is 4.92. The minimum atomic E-state index is -0.00623. The summed E-state index contributed by atoms with van der Waals surface area (Å²) < 4.78 is 0. The van der Waals surface area contributed by atoms with Crippen LogP contribution in [0.4, 0.5) is 4.79 Å². The summed E-state index contributed by atoms with van der Waals surface area (Å²) in [6, 6.07) is 0.671. The van der Waals surface area contributed by atoms with E-state index in [1.807, 2.05) is 6.92 Å². The molecule has 2 fully saturated rings. The Kier molecular flexibility index (Phi) is 5.44. The van der Waals surface area contributed by atoms with E-state index in [1.54, 1.807) is 0 Å².